The van der Waals surface area contributed by atoms with Crippen molar-refractivity contribution in [3.05, 3.63) is 53.6 Å². The fraction of sp³-hybridized carbons (Fsp3) is 0.0909. The Bertz CT molecular complexity index is 462. The highest BCUT2D eigenvalue weighted by atomic mass is 16.1. The van der Waals surface area contributed by atoms with Gasteiger partial charge in [0, 0.05) is 24.4 Å². The van der Waals surface area contributed by atoms with Crippen LogP contribution in [0, 0.1) is 0 Å². The molecule has 1 aromatic heterocycles. The van der Waals surface area contributed by atoms with E-state index in [1.54, 1.807) is 24.5 Å². The van der Waals surface area contributed by atoms with Gasteiger partial charge >= 0.3 is 0 Å². The van der Waals surface area contributed by atoms with Gasteiger partial charge < -0.3 is 10.7 Å². The second-order valence-corrected chi connectivity index (χ2v) is 3.23. The minimum Gasteiger partial charge on any atom is -0.366 e. The Morgan fingerprint density at radius 3 is 2.87 bits per heavy atom. The van der Waals surface area contributed by atoms with Gasteiger partial charge in [0.25, 0.3) is 0 Å². The fourth-order valence-corrected chi connectivity index (χ4v) is 1.49. The van der Waals surface area contributed by atoms with E-state index in [2.05, 4.69) is 9.97 Å². The van der Waals surface area contributed by atoms with Crippen molar-refractivity contribution < 1.29 is 4.79 Å². The van der Waals surface area contributed by atoms with Crippen molar-refractivity contribution in [2.75, 3.05) is 0 Å². The summed E-state index contributed by atoms with van der Waals surface area (Å²) in [6.45, 7) is 0. The SMILES string of the molecule is NC(=O)c1ccccc1Cc1ncc[nH]1. The van der Waals surface area contributed by atoms with Gasteiger partial charge in [-0.05, 0) is 11.6 Å². The third-order valence-corrected chi connectivity index (χ3v) is 2.20. The highest BCUT2D eigenvalue weighted by Gasteiger charge is 2.08. The molecule has 1 amide bonds. The first-order valence-electron chi connectivity index (χ1n) is 4.63. The van der Waals surface area contributed by atoms with E-state index in [9.17, 15) is 4.79 Å². The topological polar surface area (TPSA) is 71.8 Å². The van der Waals surface area contributed by atoms with E-state index < -0.39 is 5.91 Å². The van der Waals surface area contributed by atoms with Crippen molar-refractivity contribution in [2.24, 2.45) is 5.73 Å². The second kappa shape index (κ2) is 3.96. The highest BCUT2D eigenvalue weighted by Crippen LogP contribution is 2.11. The molecule has 76 valence electrons. The fourth-order valence-electron chi connectivity index (χ4n) is 1.49. The zero-order valence-electron chi connectivity index (χ0n) is 8.10. The lowest BCUT2D eigenvalue weighted by Crippen LogP contribution is -2.13. The second-order valence-electron chi connectivity index (χ2n) is 3.23. The van der Waals surface area contributed by atoms with Crippen molar-refractivity contribution in [2.45, 2.75) is 6.42 Å². The number of hydrogen-bond donors (Lipinski definition) is 2. The summed E-state index contributed by atoms with van der Waals surface area (Å²) >= 11 is 0. The van der Waals surface area contributed by atoms with Gasteiger partial charge in [0.15, 0.2) is 0 Å². The molecule has 1 heterocycles. The zero-order valence-corrected chi connectivity index (χ0v) is 8.10. The van der Waals surface area contributed by atoms with Gasteiger partial charge in [-0.3, -0.25) is 4.79 Å². The van der Waals surface area contributed by atoms with Crippen molar-refractivity contribution >= 4 is 5.91 Å². The minimum atomic E-state index is -0.405. The lowest BCUT2D eigenvalue weighted by molar-refractivity contribution is 0.0999. The third-order valence-electron chi connectivity index (χ3n) is 2.20. The van der Waals surface area contributed by atoms with E-state index in [-0.39, 0.29) is 0 Å². The quantitative estimate of drug-likeness (QED) is 0.780. The number of imidazole rings is 1. The molecule has 0 unspecified atom stereocenters. The molecule has 0 atom stereocenters. The van der Waals surface area contributed by atoms with Crippen molar-refractivity contribution in [1.29, 1.82) is 0 Å². The molecular weight excluding hydrogens is 190 g/mol. The van der Waals surface area contributed by atoms with Crippen LogP contribution in [0.4, 0.5) is 0 Å². The number of H-pyrrole nitrogens is 1. The first-order valence-corrected chi connectivity index (χ1v) is 4.63. The summed E-state index contributed by atoms with van der Waals surface area (Å²) in [7, 11) is 0. The van der Waals surface area contributed by atoms with E-state index in [0.717, 1.165) is 11.4 Å². The molecule has 0 aliphatic heterocycles. The van der Waals surface area contributed by atoms with Gasteiger partial charge in [0.2, 0.25) is 5.91 Å². The van der Waals surface area contributed by atoms with Crippen LogP contribution in [0.3, 0.4) is 0 Å². The molecule has 0 spiro atoms. The van der Waals surface area contributed by atoms with Crippen LogP contribution in [0.25, 0.3) is 0 Å². The number of nitrogens with zero attached hydrogens (tertiary/aromatic N) is 1. The van der Waals surface area contributed by atoms with Gasteiger partial charge in [0.1, 0.15) is 5.82 Å². The molecule has 0 saturated carbocycles. The van der Waals surface area contributed by atoms with Crippen LogP contribution in [-0.4, -0.2) is 15.9 Å². The number of primary amides is 1. The Morgan fingerprint density at radius 1 is 1.40 bits per heavy atom. The lowest BCUT2D eigenvalue weighted by atomic mass is 10.0. The van der Waals surface area contributed by atoms with Crippen LogP contribution in [0.15, 0.2) is 36.7 Å². The van der Waals surface area contributed by atoms with E-state index in [0.29, 0.717) is 12.0 Å². The van der Waals surface area contributed by atoms with Crippen LogP contribution in [-0.2, 0) is 6.42 Å². The molecule has 15 heavy (non-hydrogen) atoms. The molecule has 2 rings (SSSR count). The molecule has 4 heteroatoms. The van der Waals surface area contributed by atoms with Crippen molar-refractivity contribution in [3.63, 3.8) is 0 Å². The predicted molar refractivity (Wildman–Crippen MR) is 56.4 cm³/mol. The average Bonchev–Trinajstić information content (AvgIpc) is 2.71. The summed E-state index contributed by atoms with van der Waals surface area (Å²) in [6.07, 6.45) is 4.02. The predicted octanol–water partition coefficient (Wildman–Crippen LogP) is 1.10. The summed E-state index contributed by atoms with van der Waals surface area (Å²) in [6, 6.07) is 7.28. The zero-order chi connectivity index (χ0) is 10.7. The first-order chi connectivity index (χ1) is 7.27. The number of aromatic amines is 1. The van der Waals surface area contributed by atoms with Crippen molar-refractivity contribution in [3.8, 4) is 0 Å². The van der Waals surface area contributed by atoms with Crippen LogP contribution in [0.5, 0.6) is 0 Å². The highest BCUT2D eigenvalue weighted by molar-refractivity contribution is 5.94. The van der Waals surface area contributed by atoms with Gasteiger partial charge in [-0.15, -0.1) is 0 Å². The van der Waals surface area contributed by atoms with Crippen LogP contribution in [0.1, 0.15) is 21.7 Å². The smallest absolute Gasteiger partial charge is 0.248 e. The van der Waals surface area contributed by atoms with Crippen molar-refractivity contribution in [1.82, 2.24) is 9.97 Å². The van der Waals surface area contributed by atoms with Gasteiger partial charge in [-0.2, -0.15) is 0 Å². The maximum absolute atomic E-state index is 11.1. The lowest BCUT2D eigenvalue weighted by Gasteiger charge is -2.03. The number of nitrogens with two attached hydrogens (primary N) is 1. The number of carbonyl (C=O) groups excluding carboxylic acids is 1. The Balaban J connectivity index is 2.32. The Hall–Kier alpha value is -2.10. The Morgan fingerprint density at radius 2 is 2.20 bits per heavy atom. The number of aromatic nitrogens is 2. The molecule has 0 radical (unpaired) electrons. The molecule has 3 N–H and O–H groups in total. The Labute approximate surface area is 87.1 Å². The molecular formula is C11H11N3O. The monoisotopic (exact) mass is 201 g/mol. The number of nitrogens with one attached hydrogen (secondary N) is 1. The van der Waals surface area contributed by atoms with Gasteiger partial charge in [-0.1, -0.05) is 18.2 Å². The average molecular weight is 201 g/mol. The molecule has 0 fully saturated rings. The normalized spacial score (nSPS) is 10.1. The van der Waals surface area contributed by atoms with E-state index in [4.69, 9.17) is 5.73 Å². The largest absolute Gasteiger partial charge is 0.366 e. The Kier molecular flexibility index (Phi) is 2.49. The van der Waals surface area contributed by atoms with Gasteiger partial charge in [0.05, 0.1) is 0 Å². The first kappa shape index (κ1) is 9.45. The summed E-state index contributed by atoms with van der Waals surface area (Å²) < 4.78 is 0. The molecule has 0 saturated heterocycles. The van der Waals surface area contributed by atoms with E-state index in [1.165, 1.54) is 0 Å². The molecule has 0 aliphatic rings. The maximum atomic E-state index is 11.1. The van der Waals surface area contributed by atoms with E-state index >= 15 is 0 Å². The number of hydrogen-bond acceptors (Lipinski definition) is 2. The van der Waals surface area contributed by atoms with Gasteiger partial charge in [-0.25, -0.2) is 4.98 Å². The molecule has 2 aromatic rings. The molecule has 0 aliphatic carbocycles. The summed E-state index contributed by atoms with van der Waals surface area (Å²) in [4.78, 5) is 18.2. The third kappa shape index (κ3) is 2.04. The summed E-state index contributed by atoms with van der Waals surface area (Å²) in [5.41, 5.74) is 6.71. The number of amides is 1. The maximum Gasteiger partial charge on any atom is 0.248 e. The van der Waals surface area contributed by atoms with Crippen LogP contribution in [0.2, 0.25) is 0 Å². The minimum absolute atomic E-state index is 0.405. The number of carbonyl (C=O) groups is 1. The van der Waals surface area contributed by atoms with Crippen LogP contribution >= 0.6 is 0 Å². The molecule has 1 aromatic carbocycles. The number of benzene rings is 1. The molecule has 4 nitrogen and oxygen atoms in total. The van der Waals surface area contributed by atoms with E-state index in [1.807, 2.05) is 12.1 Å². The summed E-state index contributed by atoms with van der Waals surface area (Å²) in [5, 5.41) is 0. The standard InChI is InChI=1S/C11H11N3O/c12-11(15)9-4-2-1-3-8(9)7-10-13-5-6-14-10/h1-6H,7H2,(H2,12,15)(H,13,14). The summed E-state index contributed by atoms with van der Waals surface area (Å²) in [5.74, 6) is 0.417. The van der Waals surface area contributed by atoms with Crippen LogP contribution < -0.4 is 5.73 Å². The molecule has 0 bridgehead atoms. The number of rotatable bonds is 3.